The van der Waals surface area contributed by atoms with E-state index < -0.39 is 5.97 Å². The predicted octanol–water partition coefficient (Wildman–Crippen LogP) is 1.21. The first-order valence-corrected chi connectivity index (χ1v) is 6.61. The minimum atomic E-state index is -0.745. The SMILES string of the molecule is CC(C(=O)O)C1CN(C(=O)C2C3CCCC32)C1. The maximum atomic E-state index is 12.1. The standard InChI is InChI=1S/C13H19NO3/c1-7(13(16)17)8-5-14(6-8)12(15)11-9-3-2-4-10(9)11/h7-11H,2-6H2,1H3,(H,16,17). The Kier molecular flexibility index (Phi) is 2.42. The van der Waals surface area contributed by atoms with Gasteiger partial charge in [-0.1, -0.05) is 13.3 Å². The lowest BCUT2D eigenvalue weighted by molar-refractivity contribution is -0.151. The van der Waals surface area contributed by atoms with Crippen LogP contribution in [0.4, 0.5) is 0 Å². The van der Waals surface area contributed by atoms with E-state index in [1.165, 1.54) is 19.3 Å². The van der Waals surface area contributed by atoms with Crippen molar-refractivity contribution in [1.82, 2.24) is 4.90 Å². The van der Waals surface area contributed by atoms with Crippen molar-refractivity contribution in [2.45, 2.75) is 26.2 Å². The lowest BCUT2D eigenvalue weighted by atomic mass is 9.86. The number of carboxylic acid groups (broad SMARTS) is 1. The van der Waals surface area contributed by atoms with Gasteiger partial charge in [0.25, 0.3) is 0 Å². The van der Waals surface area contributed by atoms with Crippen LogP contribution in [0.2, 0.25) is 0 Å². The first-order chi connectivity index (χ1) is 8.09. The molecule has 3 unspecified atom stereocenters. The van der Waals surface area contributed by atoms with Crippen molar-refractivity contribution < 1.29 is 14.7 Å². The van der Waals surface area contributed by atoms with E-state index in [0.717, 1.165) is 0 Å². The van der Waals surface area contributed by atoms with Gasteiger partial charge in [-0.25, -0.2) is 0 Å². The summed E-state index contributed by atoms with van der Waals surface area (Å²) in [5.74, 6) is 1.02. The molecule has 3 atom stereocenters. The van der Waals surface area contributed by atoms with Gasteiger partial charge in [0, 0.05) is 24.9 Å². The number of hydrogen-bond acceptors (Lipinski definition) is 2. The van der Waals surface area contributed by atoms with E-state index in [4.69, 9.17) is 5.11 Å². The Morgan fingerprint density at radius 1 is 1.24 bits per heavy atom. The largest absolute Gasteiger partial charge is 0.481 e. The third-order valence-electron chi connectivity index (χ3n) is 5.01. The summed E-state index contributed by atoms with van der Waals surface area (Å²) in [5.41, 5.74) is 0. The molecular formula is C13H19NO3. The van der Waals surface area contributed by atoms with Crippen LogP contribution in [0.3, 0.4) is 0 Å². The minimum absolute atomic E-state index is 0.162. The lowest BCUT2D eigenvalue weighted by Gasteiger charge is -2.41. The van der Waals surface area contributed by atoms with Crippen molar-refractivity contribution in [2.75, 3.05) is 13.1 Å². The molecular weight excluding hydrogens is 218 g/mol. The monoisotopic (exact) mass is 237 g/mol. The summed E-state index contributed by atoms with van der Waals surface area (Å²) in [6, 6.07) is 0. The Labute approximate surface area is 101 Å². The number of carboxylic acids is 1. The second-order valence-corrected chi connectivity index (χ2v) is 5.91. The first-order valence-electron chi connectivity index (χ1n) is 6.61. The third kappa shape index (κ3) is 1.65. The Balaban J connectivity index is 1.49. The molecule has 4 nitrogen and oxygen atoms in total. The van der Waals surface area contributed by atoms with E-state index in [-0.39, 0.29) is 11.8 Å². The first kappa shape index (κ1) is 11.1. The zero-order valence-electron chi connectivity index (χ0n) is 10.1. The highest BCUT2D eigenvalue weighted by Crippen LogP contribution is 2.58. The van der Waals surface area contributed by atoms with E-state index >= 15 is 0 Å². The number of hydrogen-bond donors (Lipinski definition) is 1. The van der Waals surface area contributed by atoms with Crippen LogP contribution in [0.5, 0.6) is 0 Å². The van der Waals surface area contributed by atoms with E-state index in [9.17, 15) is 9.59 Å². The molecule has 1 saturated heterocycles. The molecule has 17 heavy (non-hydrogen) atoms. The molecule has 1 heterocycles. The number of fused-ring (bicyclic) bond motifs is 1. The van der Waals surface area contributed by atoms with Crippen LogP contribution in [0.1, 0.15) is 26.2 Å². The van der Waals surface area contributed by atoms with Crippen LogP contribution in [0.15, 0.2) is 0 Å². The van der Waals surface area contributed by atoms with Crippen LogP contribution in [0, 0.1) is 29.6 Å². The maximum Gasteiger partial charge on any atom is 0.306 e. The second-order valence-electron chi connectivity index (χ2n) is 5.91. The van der Waals surface area contributed by atoms with E-state index in [0.29, 0.717) is 36.8 Å². The van der Waals surface area contributed by atoms with Gasteiger partial charge in [-0.2, -0.15) is 0 Å². The summed E-state index contributed by atoms with van der Waals surface area (Å²) in [5, 5.41) is 8.89. The van der Waals surface area contributed by atoms with Gasteiger partial charge in [-0.3, -0.25) is 9.59 Å². The van der Waals surface area contributed by atoms with Crippen LogP contribution >= 0.6 is 0 Å². The number of likely N-dealkylation sites (tertiary alicyclic amines) is 1. The molecule has 2 saturated carbocycles. The van der Waals surface area contributed by atoms with Crippen LogP contribution in [-0.4, -0.2) is 35.0 Å². The smallest absolute Gasteiger partial charge is 0.306 e. The van der Waals surface area contributed by atoms with Gasteiger partial charge in [-0.05, 0) is 24.7 Å². The van der Waals surface area contributed by atoms with Crippen molar-refractivity contribution >= 4 is 11.9 Å². The summed E-state index contributed by atoms with van der Waals surface area (Å²) in [7, 11) is 0. The van der Waals surface area contributed by atoms with Gasteiger partial charge in [-0.15, -0.1) is 0 Å². The molecule has 94 valence electrons. The van der Waals surface area contributed by atoms with Crippen LogP contribution in [-0.2, 0) is 9.59 Å². The van der Waals surface area contributed by atoms with Crippen molar-refractivity contribution in [3.05, 3.63) is 0 Å². The highest BCUT2D eigenvalue weighted by atomic mass is 16.4. The average molecular weight is 237 g/mol. The molecule has 3 fully saturated rings. The third-order valence-corrected chi connectivity index (χ3v) is 5.01. The fourth-order valence-corrected chi connectivity index (χ4v) is 3.61. The zero-order chi connectivity index (χ0) is 12.2. The van der Waals surface area contributed by atoms with Crippen molar-refractivity contribution in [3.8, 4) is 0 Å². The highest BCUT2D eigenvalue weighted by molar-refractivity contribution is 5.83. The van der Waals surface area contributed by atoms with E-state index in [1.807, 2.05) is 4.90 Å². The fraction of sp³-hybridized carbons (Fsp3) is 0.846. The van der Waals surface area contributed by atoms with E-state index in [2.05, 4.69) is 0 Å². The molecule has 1 N–H and O–H groups in total. The Morgan fingerprint density at radius 3 is 2.35 bits per heavy atom. The molecule has 0 bridgehead atoms. The van der Waals surface area contributed by atoms with Crippen molar-refractivity contribution in [3.63, 3.8) is 0 Å². The number of rotatable bonds is 3. The van der Waals surface area contributed by atoms with E-state index in [1.54, 1.807) is 6.92 Å². The second kappa shape index (κ2) is 3.72. The van der Waals surface area contributed by atoms with Crippen molar-refractivity contribution in [2.24, 2.45) is 29.6 Å². The molecule has 3 rings (SSSR count). The topological polar surface area (TPSA) is 57.6 Å². The molecule has 4 heteroatoms. The number of aliphatic carboxylic acids is 1. The summed E-state index contributed by atoms with van der Waals surface area (Å²) in [6.45, 7) is 3.05. The molecule has 0 radical (unpaired) electrons. The molecule has 0 aromatic carbocycles. The molecule has 0 spiro atoms. The molecule has 0 aromatic rings. The fourth-order valence-electron chi connectivity index (χ4n) is 3.61. The van der Waals surface area contributed by atoms with Gasteiger partial charge in [0.05, 0.1) is 5.92 Å². The molecule has 0 aromatic heterocycles. The normalized spacial score (nSPS) is 37.2. The number of nitrogens with zero attached hydrogens (tertiary/aromatic N) is 1. The highest BCUT2D eigenvalue weighted by Gasteiger charge is 2.58. The minimum Gasteiger partial charge on any atom is -0.481 e. The van der Waals surface area contributed by atoms with Gasteiger partial charge in [0.1, 0.15) is 0 Å². The van der Waals surface area contributed by atoms with Crippen LogP contribution in [0.25, 0.3) is 0 Å². The molecule has 1 amide bonds. The quantitative estimate of drug-likeness (QED) is 0.802. The zero-order valence-corrected chi connectivity index (χ0v) is 10.1. The Hall–Kier alpha value is -1.06. The summed E-state index contributed by atoms with van der Waals surface area (Å²) in [4.78, 5) is 24.8. The number of amides is 1. The predicted molar refractivity (Wildman–Crippen MR) is 61.2 cm³/mol. The van der Waals surface area contributed by atoms with Gasteiger partial charge < -0.3 is 10.0 Å². The van der Waals surface area contributed by atoms with Crippen LogP contribution < -0.4 is 0 Å². The Morgan fingerprint density at radius 2 is 1.82 bits per heavy atom. The maximum absolute atomic E-state index is 12.1. The number of carbonyl (C=O) groups excluding carboxylic acids is 1. The van der Waals surface area contributed by atoms with Gasteiger partial charge in [0.15, 0.2) is 0 Å². The summed E-state index contributed by atoms with van der Waals surface area (Å²) < 4.78 is 0. The summed E-state index contributed by atoms with van der Waals surface area (Å²) >= 11 is 0. The summed E-state index contributed by atoms with van der Waals surface area (Å²) in [6.07, 6.45) is 3.74. The molecule has 2 aliphatic carbocycles. The molecule has 3 aliphatic rings. The number of carbonyl (C=O) groups is 2. The van der Waals surface area contributed by atoms with Gasteiger partial charge >= 0.3 is 5.97 Å². The molecule has 1 aliphatic heterocycles. The Bertz CT molecular complexity index is 352. The average Bonchev–Trinajstić information content (AvgIpc) is 2.70. The van der Waals surface area contributed by atoms with Gasteiger partial charge in [0.2, 0.25) is 5.91 Å². The van der Waals surface area contributed by atoms with Crippen molar-refractivity contribution in [1.29, 1.82) is 0 Å². The lowest BCUT2D eigenvalue weighted by Crippen LogP contribution is -2.54.